The van der Waals surface area contributed by atoms with Crippen LogP contribution < -0.4 is 0 Å². The van der Waals surface area contributed by atoms with Crippen LogP contribution in [0.25, 0.3) is 10.9 Å². The number of aryl methyl sites for hydroxylation is 1. The largest absolute Gasteiger partial charge is 0.339 e. The van der Waals surface area contributed by atoms with E-state index in [1.807, 2.05) is 0 Å². The first-order chi connectivity index (χ1) is 5.29. The van der Waals surface area contributed by atoms with E-state index in [2.05, 4.69) is 64.5 Å². The van der Waals surface area contributed by atoms with E-state index in [1.54, 1.807) is 0 Å². The third-order valence-electron chi connectivity index (χ3n) is 1.89. The van der Waals surface area contributed by atoms with Crippen molar-refractivity contribution >= 4 is 33.5 Å². The summed E-state index contributed by atoms with van der Waals surface area (Å²) in [5.74, 6) is 0. The van der Waals surface area contributed by atoms with Crippen molar-refractivity contribution in [3.8, 4) is 0 Å². The van der Waals surface area contributed by atoms with Gasteiger partial charge in [0.15, 0.2) is 0 Å². The van der Waals surface area contributed by atoms with E-state index in [0.29, 0.717) is 0 Å². The number of para-hydroxylation sites is 1. The number of aromatic nitrogens is 1. The van der Waals surface area contributed by atoms with Crippen LogP contribution in [0.1, 0.15) is 0 Å². The molecule has 0 unspecified atom stereocenters. The Kier molecular flexibility index (Phi) is 1.64. The van der Waals surface area contributed by atoms with Crippen LogP contribution >= 0.6 is 22.6 Å². The van der Waals surface area contributed by atoms with Gasteiger partial charge in [-0.3, -0.25) is 0 Å². The molecule has 0 aliphatic carbocycles. The van der Waals surface area contributed by atoms with Crippen LogP contribution in [-0.4, -0.2) is 4.57 Å². The van der Waals surface area contributed by atoms with Gasteiger partial charge in [-0.25, -0.2) is 0 Å². The molecule has 0 aliphatic rings. The lowest BCUT2D eigenvalue weighted by Crippen LogP contribution is -1.87. The molecule has 0 radical (unpaired) electrons. The second-order valence-corrected chi connectivity index (χ2v) is 3.69. The number of fused-ring (bicyclic) bond motifs is 1. The molecule has 0 saturated heterocycles. The highest BCUT2D eigenvalue weighted by Crippen LogP contribution is 2.18. The Bertz CT molecular complexity index is 389. The van der Waals surface area contributed by atoms with Gasteiger partial charge in [0, 0.05) is 18.0 Å². The third kappa shape index (κ3) is 1.05. The van der Waals surface area contributed by atoms with Gasteiger partial charge in [0.1, 0.15) is 0 Å². The Labute approximate surface area is 79.2 Å². The summed E-state index contributed by atoms with van der Waals surface area (Å²) in [6.45, 7) is 0. The molecule has 1 aromatic carbocycles. The number of rotatable bonds is 0. The molecule has 0 bridgehead atoms. The molecule has 2 aromatic rings. The zero-order chi connectivity index (χ0) is 7.84. The molecule has 56 valence electrons. The number of hydrogen-bond acceptors (Lipinski definition) is 0. The van der Waals surface area contributed by atoms with E-state index in [4.69, 9.17) is 0 Å². The normalized spacial score (nSPS) is 10.7. The van der Waals surface area contributed by atoms with E-state index in [9.17, 15) is 0 Å². The van der Waals surface area contributed by atoms with Crippen LogP contribution in [0.3, 0.4) is 0 Å². The maximum absolute atomic E-state index is 2.34. The summed E-state index contributed by atoms with van der Waals surface area (Å²) in [4.78, 5) is 0. The van der Waals surface area contributed by atoms with Crippen molar-refractivity contribution in [2.24, 2.45) is 7.05 Å². The fourth-order valence-corrected chi connectivity index (χ4v) is 1.85. The first-order valence-corrected chi connectivity index (χ1v) is 4.57. The predicted molar refractivity (Wildman–Crippen MR) is 55.6 cm³/mol. The quantitative estimate of drug-likeness (QED) is 0.639. The minimum Gasteiger partial charge on any atom is -0.339 e. The minimum absolute atomic E-state index is 1.28. The SMILES string of the molecule is Cn1c(I)cc2ccccc21. The standard InChI is InChI=1S/C9H8IN/c1-11-8-5-3-2-4-7(8)6-9(11)10/h2-6H,1H3. The highest BCUT2D eigenvalue weighted by Gasteiger charge is 1.99. The number of hydrogen-bond donors (Lipinski definition) is 0. The maximum Gasteiger partial charge on any atom is 0.0806 e. The Hall–Kier alpha value is -0.510. The van der Waals surface area contributed by atoms with Crippen LogP contribution in [-0.2, 0) is 7.05 Å². The summed E-state index contributed by atoms with van der Waals surface area (Å²) in [6, 6.07) is 10.6. The molecule has 1 aromatic heterocycles. The Balaban J connectivity index is 2.92. The van der Waals surface area contributed by atoms with Gasteiger partial charge in [-0.1, -0.05) is 18.2 Å². The van der Waals surface area contributed by atoms with Crippen LogP contribution in [0, 0.1) is 3.70 Å². The van der Waals surface area contributed by atoms with Gasteiger partial charge in [-0.2, -0.15) is 0 Å². The lowest BCUT2D eigenvalue weighted by atomic mass is 10.2. The van der Waals surface area contributed by atoms with Gasteiger partial charge in [0.25, 0.3) is 0 Å². The first kappa shape index (κ1) is 7.16. The average molecular weight is 257 g/mol. The highest BCUT2D eigenvalue weighted by atomic mass is 127. The fourth-order valence-electron chi connectivity index (χ4n) is 1.26. The molecular formula is C9H8IN. The molecule has 0 spiro atoms. The van der Waals surface area contributed by atoms with Crippen molar-refractivity contribution in [1.82, 2.24) is 4.57 Å². The lowest BCUT2D eigenvalue weighted by Gasteiger charge is -1.95. The molecular weight excluding hydrogens is 249 g/mol. The van der Waals surface area contributed by atoms with Gasteiger partial charge in [0.05, 0.1) is 3.70 Å². The van der Waals surface area contributed by atoms with Crippen molar-refractivity contribution in [1.29, 1.82) is 0 Å². The fraction of sp³-hybridized carbons (Fsp3) is 0.111. The third-order valence-corrected chi connectivity index (χ3v) is 2.93. The van der Waals surface area contributed by atoms with E-state index in [0.717, 1.165) is 0 Å². The van der Waals surface area contributed by atoms with Crippen LogP contribution in [0.4, 0.5) is 0 Å². The summed E-state index contributed by atoms with van der Waals surface area (Å²) >= 11 is 2.34. The zero-order valence-corrected chi connectivity index (χ0v) is 8.37. The van der Waals surface area contributed by atoms with Crippen molar-refractivity contribution in [2.75, 3.05) is 0 Å². The van der Waals surface area contributed by atoms with Gasteiger partial charge in [0.2, 0.25) is 0 Å². The predicted octanol–water partition coefficient (Wildman–Crippen LogP) is 2.78. The van der Waals surface area contributed by atoms with Gasteiger partial charge >= 0.3 is 0 Å². The van der Waals surface area contributed by atoms with E-state index in [-0.39, 0.29) is 0 Å². The highest BCUT2D eigenvalue weighted by molar-refractivity contribution is 14.1. The summed E-state index contributed by atoms with van der Waals surface area (Å²) in [7, 11) is 2.09. The number of nitrogens with zero attached hydrogens (tertiary/aromatic N) is 1. The lowest BCUT2D eigenvalue weighted by molar-refractivity contribution is 0.938. The molecule has 1 nitrogen and oxygen atoms in total. The molecule has 0 saturated carbocycles. The van der Waals surface area contributed by atoms with Gasteiger partial charge in [-0.05, 0) is 34.7 Å². The smallest absolute Gasteiger partial charge is 0.0806 e. The van der Waals surface area contributed by atoms with Gasteiger partial charge < -0.3 is 4.57 Å². The number of halogens is 1. The molecule has 0 atom stereocenters. The van der Waals surface area contributed by atoms with E-state index in [1.165, 1.54) is 14.6 Å². The number of benzene rings is 1. The molecule has 2 heteroatoms. The minimum atomic E-state index is 1.28. The Morgan fingerprint density at radius 2 is 2.00 bits per heavy atom. The molecule has 11 heavy (non-hydrogen) atoms. The second kappa shape index (κ2) is 2.52. The summed E-state index contributed by atoms with van der Waals surface area (Å²) < 4.78 is 3.47. The van der Waals surface area contributed by atoms with Gasteiger partial charge in [-0.15, -0.1) is 0 Å². The molecule has 1 heterocycles. The summed E-state index contributed by atoms with van der Waals surface area (Å²) in [6.07, 6.45) is 0. The molecule has 0 aliphatic heterocycles. The Morgan fingerprint density at radius 1 is 1.27 bits per heavy atom. The van der Waals surface area contributed by atoms with E-state index < -0.39 is 0 Å². The maximum atomic E-state index is 2.34. The monoisotopic (exact) mass is 257 g/mol. The molecule has 0 N–H and O–H groups in total. The second-order valence-electron chi connectivity index (χ2n) is 2.58. The van der Waals surface area contributed by atoms with Crippen molar-refractivity contribution in [3.05, 3.63) is 34.0 Å². The first-order valence-electron chi connectivity index (χ1n) is 3.49. The van der Waals surface area contributed by atoms with Crippen LogP contribution in [0.5, 0.6) is 0 Å². The molecule has 0 fully saturated rings. The van der Waals surface area contributed by atoms with Crippen LogP contribution in [0.15, 0.2) is 30.3 Å². The average Bonchev–Trinajstić information content (AvgIpc) is 2.30. The zero-order valence-electron chi connectivity index (χ0n) is 6.21. The van der Waals surface area contributed by atoms with E-state index >= 15 is 0 Å². The topological polar surface area (TPSA) is 4.93 Å². The Morgan fingerprint density at radius 3 is 2.73 bits per heavy atom. The summed E-state index contributed by atoms with van der Waals surface area (Å²) in [5.41, 5.74) is 1.30. The van der Waals surface area contributed by atoms with Crippen molar-refractivity contribution < 1.29 is 0 Å². The molecule has 0 amide bonds. The van der Waals surface area contributed by atoms with Crippen molar-refractivity contribution in [3.63, 3.8) is 0 Å². The van der Waals surface area contributed by atoms with Crippen LogP contribution in [0.2, 0.25) is 0 Å². The molecule has 2 rings (SSSR count). The van der Waals surface area contributed by atoms with Crippen molar-refractivity contribution in [2.45, 2.75) is 0 Å². The summed E-state index contributed by atoms with van der Waals surface area (Å²) in [5, 5.41) is 1.32.